The fourth-order valence-electron chi connectivity index (χ4n) is 6.49. The van der Waals surface area contributed by atoms with Crippen LogP contribution in [0.4, 0.5) is 0 Å². The normalized spacial score (nSPS) is 13.3. The predicted molar refractivity (Wildman–Crippen MR) is 177 cm³/mol. The minimum Gasteiger partial charge on any atom is -0.478 e. The van der Waals surface area contributed by atoms with Crippen LogP contribution >= 0.6 is 0 Å². The number of benzene rings is 2. The molecule has 8 nitrogen and oxygen atoms in total. The van der Waals surface area contributed by atoms with Crippen LogP contribution in [0.1, 0.15) is 195 Å². The van der Waals surface area contributed by atoms with Gasteiger partial charge in [0.15, 0.2) is 0 Å². The maximum Gasteiger partial charge on any atom is 0.336 e. The molecule has 0 spiro atoms. The molecule has 0 heterocycles. The maximum atomic E-state index is 12.9. The molecule has 1 atom stereocenters. The van der Waals surface area contributed by atoms with Crippen LogP contribution in [-0.2, 0) is 16.2 Å². The smallest absolute Gasteiger partial charge is 0.336 e. The molecule has 0 fully saturated rings. The summed E-state index contributed by atoms with van der Waals surface area (Å²) in [6.07, 6.45) is 0.747. The van der Waals surface area contributed by atoms with Crippen LogP contribution < -0.4 is 0 Å². The lowest BCUT2D eigenvalue weighted by Crippen LogP contribution is -2.32. The molecule has 2 aromatic rings. The van der Waals surface area contributed by atoms with Gasteiger partial charge in [-0.15, -0.1) is 0 Å². The van der Waals surface area contributed by atoms with Gasteiger partial charge in [0.25, 0.3) is 0 Å². The minimum absolute atomic E-state index is 0.00392. The Balaban J connectivity index is 2.92. The summed E-state index contributed by atoms with van der Waals surface area (Å²) >= 11 is 0. The van der Waals surface area contributed by atoms with Gasteiger partial charge in [-0.2, -0.15) is 0 Å². The zero-order valence-electron chi connectivity index (χ0n) is 29.2. The Morgan fingerprint density at radius 2 is 0.956 bits per heavy atom. The van der Waals surface area contributed by atoms with E-state index in [1.807, 2.05) is 69.2 Å². The Bertz CT molecular complexity index is 1470. The first-order chi connectivity index (χ1) is 20.3. The molecule has 248 valence electrons. The third-order valence-corrected chi connectivity index (χ3v) is 8.84. The number of carbonyl (C=O) groups is 4. The van der Waals surface area contributed by atoms with Crippen molar-refractivity contribution >= 4 is 23.9 Å². The molecular formula is C37H52O8. The van der Waals surface area contributed by atoms with Gasteiger partial charge in [0.05, 0.1) is 22.3 Å². The van der Waals surface area contributed by atoms with E-state index in [2.05, 4.69) is 0 Å². The molecule has 0 saturated carbocycles. The number of hydrogen-bond donors (Lipinski definition) is 4. The van der Waals surface area contributed by atoms with Crippen LogP contribution in [0, 0.1) is 0 Å². The molecule has 0 aliphatic heterocycles. The van der Waals surface area contributed by atoms with E-state index in [4.69, 9.17) is 0 Å². The Morgan fingerprint density at radius 1 is 0.578 bits per heavy atom. The number of carboxylic acids is 4. The number of hydrogen-bond acceptors (Lipinski definition) is 4. The van der Waals surface area contributed by atoms with Gasteiger partial charge in [-0.05, 0) is 80.2 Å². The lowest BCUT2D eigenvalue weighted by Gasteiger charge is -2.36. The van der Waals surface area contributed by atoms with Gasteiger partial charge in [0, 0.05) is 0 Å². The lowest BCUT2D eigenvalue weighted by atomic mass is 9.67. The highest BCUT2D eigenvalue weighted by Crippen LogP contribution is 2.45. The van der Waals surface area contributed by atoms with Crippen LogP contribution in [0.3, 0.4) is 0 Å². The summed E-state index contributed by atoms with van der Waals surface area (Å²) in [5.41, 5.74) is 0.519. The van der Waals surface area contributed by atoms with E-state index >= 15 is 0 Å². The second kappa shape index (κ2) is 13.0. The Hall–Kier alpha value is -3.68. The zero-order valence-corrected chi connectivity index (χ0v) is 29.2. The largest absolute Gasteiger partial charge is 0.478 e. The van der Waals surface area contributed by atoms with Crippen molar-refractivity contribution in [2.24, 2.45) is 0 Å². The highest BCUT2D eigenvalue weighted by atomic mass is 16.4. The molecule has 0 aromatic heterocycles. The molecule has 0 aliphatic carbocycles. The van der Waals surface area contributed by atoms with E-state index in [1.165, 1.54) is 0 Å². The lowest BCUT2D eigenvalue weighted by molar-refractivity contribution is 0.0668. The highest BCUT2D eigenvalue weighted by Gasteiger charge is 2.39. The van der Waals surface area contributed by atoms with Gasteiger partial charge in [-0.25, -0.2) is 19.2 Å². The van der Waals surface area contributed by atoms with Gasteiger partial charge in [0.2, 0.25) is 0 Å². The molecule has 0 saturated heterocycles. The number of aromatic carboxylic acids is 4. The average Bonchev–Trinajstić information content (AvgIpc) is 2.87. The van der Waals surface area contributed by atoms with E-state index < -0.39 is 46.0 Å². The fraction of sp³-hybridized carbons (Fsp3) is 0.568. The Morgan fingerprint density at radius 3 is 1.27 bits per heavy atom. The molecule has 1 unspecified atom stereocenters. The van der Waals surface area contributed by atoms with Crippen molar-refractivity contribution in [1.29, 1.82) is 0 Å². The topological polar surface area (TPSA) is 149 Å². The van der Waals surface area contributed by atoms with Crippen LogP contribution in [0.2, 0.25) is 0 Å². The third-order valence-electron chi connectivity index (χ3n) is 8.84. The first kappa shape index (κ1) is 37.5. The summed E-state index contributed by atoms with van der Waals surface area (Å²) in [6.45, 7) is 24.3. The second-order valence-corrected chi connectivity index (χ2v) is 15.7. The molecular weight excluding hydrogens is 572 g/mol. The molecule has 8 heteroatoms. The van der Waals surface area contributed by atoms with E-state index in [0.29, 0.717) is 35.1 Å². The third kappa shape index (κ3) is 7.59. The molecule has 0 amide bonds. The summed E-state index contributed by atoms with van der Waals surface area (Å²) in [7, 11) is 0. The summed E-state index contributed by atoms with van der Waals surface area (Å²) in [4.78, 5) is 51.0. The van der Waals surface area contributed by atoms with E-state index in [9.17, 15) is 39.6 Å². The fourth-order valence-corrected chi connectivity index (χ4v) is 6.49. The first-order valence-corrected chi connectivity index (χ1v) is 15.6. The molecule has 0 aliphatic rings. The minimum atomic E-state index is -1.22. The van der Waals surface area contributed by atoms with E-state index in [1.54, 1.807) is 32.9 Å². The number of rotatable bonds is 11. The Labute approximate surface area is 267 Å². The van der Waals surface area contributed by atoms with Crippen molar-refractivity contribution in [1.82, 2.24) is 0 Å². The summed E-state index contributed by atoms with van der Waals surface area (Å²) < 4.78 is 0. The van der Waals surface area contributed by atoms with Crippen molar-refractivity contribution in [3.05, 3.63) is 67.8 Å². The van der Waals surface area contributed by atoms with E-state index in [-0.39, 0.29) is 45.2 Å². The summed E-state index contributed by atoms with van der Waals surface area (Å²) in [6, 6.07) is 3.43. The quantitative estimate of drug-likeness (QED) is 0.193. The summed E-state index contributed by atoms with van der Waals surface area (Å²) in [5.74, 6) is -5.56. The van der Waals surface area contributed by atoms with E-state index in [0.717, 1.165) is 0 Å². The zero-order chi connectivity index (χ0) is 35.1. The number of carboxylic acid groups (broad SMARTS) is 4. The maximum absolute atomic E-state index is 12.9. The van der Waals surface area contributed by atoms with Crippen LogP contribution in [-0.4, -0.2) is 44.3 Å². The van der Waals surface area contributed by atoms with Crippen molar-refractivity contribution in [2.75, 3.05) is 0 Å². The van der Waals surface area contributed by atoms with Crippen molar-refractivity contribution < 1.29 is 39.6 Å². The summed E-state index contributed by atoms with van der Waals surface area (Å²) in [5, 5.41) is 41.6. The molecule has 2 rings (SSSR count). The van der Waals surface area contributed by atoms with Gasteiger partial charge in [0.1, 0.15) is 0 Å². The van der Waals surface area contributed by atoms with Crippen LogP contribution in [0.15, 0.2) is 12.1 Å². The Kier molecular flexibility index (Phi) is 10.8. The predicted octanol–water partition coefficient (Wildman–Crippen LogP) is 9.18. The molecule has 4 N–H and O–H groups in total. The highest BCUT2D eigenvalue weighted by molar-refractivity contribution is 6.01. The van der Waals surface area contributed by atoms with Crippen molar-refractivity contribution in [3.63, 3.8) is 0 Å². The average molecular weight is 625 g/mol. The van der Waals surface area contributed by atoms with Crippen LogP contribution in [0.25, 0.3) is 0 Å². The van der Waals surface area contributed by atoms with Crippen molar-refractivity contribution in [2.45, 2.75) is 137 Å². The molecule has 45 heavy (non-hydrogen) atoms. The molecule has 0 radical (unpaired) electrons. The monoisotopic (exact) mass is 624 g/mol. The van der Waals surface area contributed by atoms with Gasteiger partial charge in [-0.3, -0.25) is 0 Å². The standard InChI is InChI=1S/C37H52O8/c1-18(2)21-16-22(19(3)4)27(32(40)41)25(26(21)31(38)39)20(5)14-15-37(12,13)24-17-23(35(6,7)8)28(33(42)43)30(36(9,10)11)29(24)34(44)45/h16-20H,14-15H2,1-13H3,(H,38,39)(H,40,41)(H,42,43)(H,44,45). The first-order valence-electron chi connectivity index (χ1n) is 15.6. The molecule has 2 aromatic carbocycles. The molecule has 0 bridgehead atoms. The van der Waals surface area contributed by atoms with Crippen molar-refractivity contribution in [3.8, 4) is 0 Å². The van der Waals surface area contributed by atoms with Gasteiger partial charge in [-0.1, -0.05) is 102 Å². The second-order valence-electron chi connectivity index (χ2n) is 15.7. The SMILES string of the molecule is CC(C)c1cc(C(C)C)c(C(=O)O)c(C(C)CCC(C)(C)c2cc(C(C)(C)C)c(C(=O)O)c(C(C)(C)C)c2C(=O)O)c1C(=O)O. The van der Waals surface area contributed by atoms with Crippen LogP contribution in [0.5, 0.6) is 0 Å². The van der Waals surface area contributed by atoms with Gasteiger partial charge < -0.3 is 20.4 Å². The van der Waals surface area contributed by atoms with Gasteiger partial charge >= 0.3 is 23.9 Å².